The molecule has 0 aliphatic carbocycles. The molecule has 0 radical (unpaired) electrons. The topological polar surface area (TPSA) is 148 Å². The third-order valence-corrected chi connectivity index (χ3v) is 6.02. The standard InChI is InChI=1S/C20H35N5O6.Na.H/c1-20(2,3)25(16-19(30)31)12-10-22(5-4-21)6-7-23(14-17(26)27)8-9-24(11-13-25)15-18(28)29;;/h5-16H2,1-3H3,(H2-,26,27,28,29,30,31);;. The molecule has 0 saturated carbocycles. The Kier molecular flexibility index (Phi) is 13.5. The Morgan fingerprint density at radius 1 is 0.906 bits per heavy atom. The molecule has 0 aromatic heterocycles. The van der Waals surface area contributed by atoms with E-state index in [9.17, 15) is 35.0 Å². The molecule has 1 saturated heterocycles. The molecule has 11 nitrogen and oxygen atoms in total. The Morgan fingerprint density at radius 3 is 1.69 bits per heavy atom. The summed E-state index contributed by atoms with van der Waals surface area (Å²) >= 11 is 0. The molecule has 1 heterocycles. The van der Waals surface area contributed by atoms with E-state index in [1.807, 2.05) is 25.7 Å². The summed E-state index contributed by atoms with van der Waals surface area (Å²) < 4.78 is 0.187. The predicted molar refractivity (Wildman–Crippen MR) is 117 cm³/mol. The molecule has 1 aliphatic heterocycles. The van der Waals surface area contributed by atoms with Gasteiger partial charge in [0.15, 0.2) is 0 Å². The maximum atomic E-state index is 11.6. The van der Waals surface area contributed by atoms with Gasteiger partial charge in [0.1, 0.15) is 6.54 Å². The number of aliphatic carboxylic acids is 3. The summed E-state index contributed by atoms with van der Waals surface area (Å²) in [7, 11) is 0. The fourth-order valence-electron chi connectivity index (χ4n) is 3.95. The van der Waals surface area contributed by atoms with Crippen molar-refractivity contribution in [2.75, 3.05) is 78.5 Å². The van der Waals surface area contributed by atoms with Crippen LogP contribution in [0.2, 0.25) is 0 Å². The third-order valence-electron chi connectivity index (χ3n) is 6.02. The van der Waals surface area contributed by atoms with Crippen molar-refractivity contribution in [1.29, 1.82) is 5.26 Å². The second kappa shape index (κ2) is 14.1. The molecule has 1 atom stereocenters. The molecule has 0 aromatic carbocycles. The van der Waals surface area contributed by atoms with Crippen LogP contribution in [0.4, 0.5) is 0 Å². The van der Waals surface area contributed by atoms with Crippen LogP contribution in [0.1, 0.15) is 20.8 Å². The summed E-state index contributed by atoms with van der Waals surface area (Å²) in [4.78, 5) is 39.6. The van der Waals surface area contributed by atoms with Crippen LogP contribution in [-0.4, -0.2) is 161 Å². The number of quaternary nitrogens is 1. The van der Waals surface area contributed by atoms with Gasteiger partial charge in [0.05, 0.1) is 50.3 Å². The molecule has 12 heteroatoms. The van der Waals surface area contributed by atoms with Crippen LogP contribution in [0.15, 0.2) is 0 Å². The molecule has 1 unspecified atom stereocenters. The molecule has 1 rings (SSSR count). The van der Waals surface area contributed by atoms with Crippen molar-refractivity contribution in [3.8, 4) is 6.07 Å². The number of carbonyl (C=O) groups excluding carboxylic acids is 1. The molecule has 1 aliphatic rings. The van der Waals surface area contributed by atoms with Gasteiger partial charge in [-0.05, 0) is 20.8 Å². The summed E-state index contributed by atoms with van der Waals surface area (Å²) in [5.41, 5.74) is -0.452. The Hall–Kier alpha value is -1.26. The predicted octanol–water partition coefficient (Wildman–Crippen LogP) is -2.68. The molecule has 0 aromatic rings. The van der Waals surface area contributed by atoms with Crippen LogP contribution < -0.4 is 5.11 Å². The van der Waals surface area contributed by atoms with E-state index in [4.69, 9.17) is 0 Å². The normalized spacial score (nSPS) is 22.6. The summed E-state index contributed by atoms with van der Waals surface area (Å²) in [6.45, 7) is 8.61. The number of hydrogen-bond donors (Lipinski definition) is 2. The number of carbonyl (C=O) groups is 3. The summed E-state index contributed by atoms with van der Waals surface area (Å²) in [5.74, 6) is -3.14. The molecule has 2 N–H and O–H groups in total. The molecule has 0 amide bonds. The monoisotopic (exact) mass is 465 g/mol. The number of hydrogen-bond acceptors (Lipinski definition) is 8. The fraction of sp³-hybridized carbons (Fsp3) is 0.800. The average molecular weight is 466 g/mol. The fourth-order valence-corrected chi connectivity index (χ4v) is 3.95. The summed E-state index contributed by atoms with van der Waals surface area (Å²) in [6, 6.07) is 2.12. The molecular weight excluding hydrogens is 429 g/mol. The van der Waals surface area contributed by atoms with E-state index in [2.05, 4.69) is 6.07 Å². The molecule has 1 fully saturated rings. The van der Waals surface area contributed by atoms with E-state index in [-0.39, 0.29) is 60.2 Å². The Morgan fingerprint density at radius 2 is 1.31 bits per heavy atom. The van der Waals surface area contributed by atoms with Gasteiger partial charge < -0.3 is 24.6 Å². The van der Waals surface area contributed by atoms with Gasteiger partial charge in [0, 0.05) is 39.3 Å². The van der Waals surface area contributed by atoms with E-state index in [0.717, 1.165) is 0 Å². The first-order chi connectivity index (χ1) is 14.4. The van der Waals surface area contributed by atoms with E-state index in [1.165, 1.54) is 0 Å². The zero-order valence-electron chi connectivity index (χ0n) is 18.7. The quantitative estimate of drug-likeness (QED) is 0.231. The Labute approximate surface area is 212 Å². The van der Waals surface area contributed by atoms with Gasteiger partial charge in [-0.1, -0.05) is 0 Å². The van der Waals surface area contributed by atoms with Crippen molar-refractivity contribution >= 4 is 47.5 Å². The zero-order valence-corrected chi connectivity index (χ0v) is 18.7. The summed E-state index contributed by atoms with van der Waals surface area (Å²) in [6.07, 6.45) is 0. The minimum atomic E-state index is -1.17. The minimum absolute atomic E-state index is 0. The molecule has 32 heavy (non-hydrogen) atoms. The van der Waals surface area contributed by atoms with Crippen molar-refractivity contribution < 1.29 is 34.2 Å². The first-order valence-corrected chi connectivity index (χ1v) is 10.4. The van der Waals surface area contributed by atoms with Crippen molar-refractivity contribution in [3.63, 3.8) is 0 Å². The Bertz CT molecular complexity index is 680. The third kappa shape index (κ3) is 10.6. The number of carboxylic acids is 3. The van der Waals surface area contributed by atoms with Gasteiger partial charge in [-0.25, -0.2) is 0 Å². The van der Waals surface area contributed by atoms with E-state index in [0.29, 0.717) is 52.4 Å². The van der Waals surface area contributed by atoms with E-state index < -0.39 is 23.4 Å². The van der Waals surface area contributed by atoms with Gasteiger partial charge in [-0.2, -0.15) is 5.26 Å². The summed E-state index contributed by atoms with van der Waals surface area (Å²) in [5, 5.41) is 39.3. The van der Waals surface area contributed by atoms with Crippen LogP contribution >= 0.6 is 0 Å². The van der Waals surface area contributed by atoms with Gasteiger partial charge in [0.2, 0.25) is 0 Å². The van der Waals surface area contributed by atoms with Gasteiger partial charge in [-0.3, -0.25) is 24.3 Å². The number of nitrogens with zero attached hydrogens (tertiary/aromatic N) is 5. The van der Waals surface area contributed by atoms with E-state index >= 15 is 0 Å². The second-order valence-corrected chi connectivity index (χ2v) is 9.07. The number of carboxylic acid groups (broad SMARTS) is 3. The first-order valence-electron chi connectivity index (χ1n) is 10.4. The number of rotatable bonds is 7. The van der Waals surface area contributed by atoms with E-state index in [1.54, 1.807) is 9.80 Å². The van der Waals surface area contributed by atoms with Crippen molar-refractivity contribution in [3.05, 3.63) is 0 Å². The van der Waals surface area contributed by atoms with Crippen LogP contribution in [0.5, 0.6) is 0 Å². The average Bonchev–Trinajstić information content (AvgIpc) is 2.61. The van der Waals surface area contributed by atoms with Gasteiger partial charge in [-0.15, -0.1) is 0 Å². The second-order valence-electron chi connectivity index (χ2n) is 9.07. The molecule has 178 valence electrons. The van der Waals surface area contributed by atoms with Gasteiger partial charge >= 0.3 is 41.5 Å². The van der Waals surface area contributed by atoms with Crippen LogP contribution in [0.3, 0.4) is 0 Å². The molecular formula is C20H36N5NaO6. The Balaban J connectivity index is 0.00000961. The van der Waals surface area contributed by atoms with Crippen LogP contribution in [0, 0.1) is 11.3 Å². The first kappa shape index (κ1) is 30.7. The van der Waals surface area contributed by atoms with Crippen molar-refractivity contribution in [2.45, 2.75) is 26.3 Å². The molecule has 0 spiro atoms. The van der Waals surface area contributed by atoms with Crippen molar-refractivity contribution in [2.24, 2.45) is 0 Å². The van der Waals surface area contributed by atoms with Gasteiger partial charge in [0.25, 0.3) is 0 Å². The van der Waals surface area contributed by atoms with Crippen LogP contribution in [0.25, 0.3) is 0 Å². The number of nitriles is 1. The zero-order chi connectivity index (χ0) is 23.7. The SMILES string of the molecule is CC(C)(C)[N+]1(CC(=O)[O-])CCN(CC#N)CCN(CC(=O)O)CCN(CC(=O)O)CC1.[NaH]. The molecule has 0 bridgehead atoms. The van der Waals surface area contributed by atoms with Crippen LogP contribution in [-0.2, 0) is 14.4 Å². The van der Waals surface area contributed by atoms with Crippen molar-refractivity contribution in [1.82, 2.24) is 14.7 Å². The maximum absolute atomic E-state index is 11.6.